The molecule has 0 aromatic heterocycles. The standard InChI is InChI=1S/C24H43NO2/c1-3-5-7-9-10-12-21-18-26-23(27-19-21)22-13-16-24(20-25,17-14-22)15-11-8-6-4-2/h21-23H,3-19H2,1-2H3. The van der Waals surface area contributed by atoms with Crippen molar-refractivity contribution in [2.45, 2.75) is 116 Å². The molecule has 2 aliphatic rings. The van der Waals surface area contributed by atoms with E-state index in [1.54, 1.807) is 0 Å². The minimum atomic E-state index is -0.0695. The molecule has 0 radical (unpaired) electrons. The Morgan fingerprint density at radius 1 is 0.852 bits per heavy atom. The van der Waals surface area contributed by atoms with Gasteiger partial charge in [0.2, 0.25) is 0 Å². The van der Waals surface area contributed by atoms with Gasteiger partial charge in [0.15, 0.2) is 6.29 Å². The average molecular weight is 378 g/mol. The molecule has 2 rings (SSSR count). The third-order valence-corrected chi connectivity index (χ3v) is 6.83. The van der Waals surface area contributed by atoms with Crippen LogP contribution in [0.5, 0.6) is 0 Å². The second kappa shape index (κ2) is 12.8. The summed E-state index contributed by atoms with van der Waals surface area (Å²) < 4.78 is 12.2. The maximum Gasteiger partial charge on any atom is 0.160 e. The van der Waals surface area contributed by atoms with Crippen molar-refractivity contribution in [3.05, 3.63) is 0 Å². The predicted octanol–water partition coefficient (Wildman–Crippen LogP) is 7.01. The molecule has 1 saturated heterocycles. The summed E-state index contributed by atoms with van der Waals surface area (Å²) in [4.78, 5) is 0. The van der Waals surface area contributed by atoms with Crippen LogP contribution in [-0.4, -0.2) is 19.5 Å². The lowest BCUT2D eigenvalue weighted by atomic mass is 9.68. The molecule has 0 aromatic carbocycles. The number of nitriles is 1. The average Bonchev–Trinajstić information content (AvgIpc) is 2.72. The summed E-state index contributed by atoms with van der Waals surface area (Å²) in [6.45, 7) is 6.25. The summed E-state index contributed by atoms with van der Waals surface area (Å²) in [5, 5.41) is 9.75. The molecular weight excluding hydrogens is 334 g/mol. The lowest BCUT2D eigenvalue weighted by molar-refractivity contribution is -0.231. The molecule has 2 fully saturated rings. The Kier molecular flexibility index (Phi) is 10.7. The molecule has 156 valence electrons. The SMILES string of the molecule is CCCCCCCC1COC(C2CCC(C#N)(CCCCCC)CC2)OC1. The van der Waals surface area contributed by atoms with E-state index in [9.17, 15) is 5.26 Å². The van der Waals surface area contributed by atoms with Crippen LogP contribution in [-0.2, 0) is 9.47 Å². The normalized spacial score (nSPS) is 31.5. The van der Waals surface area contributed by atoms with Gasteiger partial charge in [-0.1, -0.05) is 71.6 Å². The molecule has 0 aromatic rings. The van der Waals surface area contributed by atoms with Crippen LogP contribution in [0.15, 0.2) is 0 Å². The van der Waals surface area contributed by atoms with Gasteiger partial charge in [-0.15, -0.1) is 0 Å². The summed E-state index contributed by atoms with van der Waals surface area (Å²) in [5.41, 5.74) is -0.0695. The fourth-order valence-electron chi connectivity index (χ4n) is 4.81. The highest BCUT2D eigenvalue weighted by Crippen LogP contribution is 2.44. The van der Waals surface area contributed by atoms with E-state index >= 15 is 0 Å². The van der Waals surface area contributed by atoms with E-state index in [1.807, 2.05) is 0 Å². The first-order valence-electron chi connectivity index (χ1n) is 11.9. The van der Waals surface area contributed by atoms with Crippen molar-refractivity contribution in [3.8, 4) is 6.07 Å². The van der Waals surface area contributed by atoms with E-state index in [4.69, 9.17) is 9.47 Å². The van der Waals surface area contributed by atoms with E-state index in [2.05, 4.69) is 19.9 Å². The van der Waals surface area contributed by atoms with E-state index in [0.29, 0.717) is 11.8 Å². The van der Waals surface area contributed by atoms with Gasteiger partial charge in [0.25, 0.3) is 0 Å². The first kappa shape index (κ1) is 22.7. The second-order valence-electron chi connectivity index (χ2n) is 9.14. The molecule has 1 aliphatic heterocycles. The zero-order valence-corrected chi connectivity index (χ0v) is 18.0. The van der Waals surface area contributed by atoms with Crippen molar-refractivity contribution in [1.82, 2.24) is 0 Å². The van der Waals surface area contributed by atoms with E-state index < -0.39 is 0 Å². The molecule has 0 unspecified atom stereocenters. The fourth-order valence-corrected chi connectivity index (χ4v) is 4.81. The molecule has 0 bridgehead atoms. The number of ether oxygens (including phenoxy) is 2. The van der Waals surface area contributed by atoms with Crippen LogP contribution in [0.4, 0.5) is 0 Å². The molecule has 27 heavy (non-hydrogen) atoms. The van der Waals surface area contributed by atoms with Crippen molar-refractivity contribution < 1.29 is 9.47 Å². The Labute approximate surface area is 168 Å². The minimum Gasteiger partial charge on any atom is -0.352 e. The molecule has 1 aliphatic carbocycles. The van der Waals surface area contributed by atoms with Gasteiger partial charge in [-0.3, -0.25) is 0 Å². The fraction of sp³-hybridized carbons (Fsp3) is 0.958. The molecule has 3 nitrogen and oxygen atoms in total. The van der Waals surface area contributed by atoms with Gasteiger partial charge in [0.05, 0.1) is 24.7 Å². The molecule has 0 atom stereocenters. The summed E-state index contributed by atoms with van der Waals surface area (Å²) in [6, 6.07) is 2.68. The molecule has 0 amide bonds. The number of hydrogen-bond acceptors (Lipinski definition) is 3. The van der Waals surface area contributed by atoms with Crippen molar-refractivity contribution in [1.29, 1.82) is 5.26 Å². The van der Waals surface area contributed by atoms with Crippen LogP contribution in [0.25, 0.3) is 0 Å². The van der Waals surface area contributed by atoms with Crippen LogP contribution in [0.3, 0.4) is 0 Å². The van der Waals surface area contributed by atoms with Crippen molar-refractivity contribution in [3.63, 3.8) is 0 Å². The molecular formula is C24H43NO2. The zero-order chi connectivity index (χ0) is 19.4. The Morgan fingerprint density at radius 3 is 2.04 bits per heavy atom. The van der Waals surface area contributed by atoms with Crippen LogP contribution in [0.2, 0.25) is 0 Å². The summed E-state index contributed by atoms with van der Waals surface area (Å²) >= 11 is 0. The number of nitrogens with zero attached hydrogens (tertiary/aromatic N) is 1. The molecule has 1 saturated carbocycles. The minimum absolute atomic E-state index is 0.0156. The van der Waals surface area contributed by atoms with Crippen molar-refractivity contribution >= 4 is 0 Å². The number of hydrogen-bond donors (Lipinski definition) is 0. The van der Waals surface area contributed by atoms with E-state index in [1.165, 1.54) is 64.2 Å². The molecule has 1 heterocycles. The highest BCUT2D eigenvalue weighted by atomic mass is 16.7. The van der Waals surface area contributed by atoms with Gasteiger partial charge in [-0.05, 0) is 38.5 Å². The van der Waals surface area contributed by atoms with Gasteiger partial charge in [0.1, 0.15) is 0 Å². The van der Waals surface area contributed by atoms with Crippen LogP contribution in [0.1, 0.15) is 110 Å². The Bertz CT molecular complexity index is 415. The van der Waals surface area contributed by atoms with Crippen molar-refractivity contribution in [2.24, 2.45) is 17.3 Å². The van der Waals surface area contributed by atoms with Gasteiger partial charge in [-0.25, -0.2) is 0 Å². The molecule has 0 N–H and O–H groups in total. The Morgan fingerprint density at radius 2 is 1.44 bits per heavy atom. The lowest BCUT2D eigenvalue weighted by Gasteiger charge is -2.40. The van der Waals surface area contributed by atoms with Crippen molar-refractivity contribution in [2.75, 3.05) is 13.2 Å². The first-order chi connectivity index (χ1) is 13.2. The monoisotopic (exact) mass is 377 g/mol. The van der Waals surface area contributed by atoms with E-state index in [-0.39, 0.29) is 11.7 Å². The number of rotatable bonds is 12. The lowest BCUT2D eigenvalue weighted by Crippen LogP contribution is -2.40. The highest BCUT2D eigenvalue weighted by molar-refractivity contribution is 5.01. The molecule has 0 spiro atoms. The van der Waals surface area contributed by atoms with Crippen LogP contribution in [0, 0.1) is 28.6 Å². The smallest absolute Gasteiger partial charge is 0.160 e. The summed E-state index contributed by atoms with van der Waals surface area (Å²) in [5.74, 6) is 1.08. The quantitative estimate of drug-likeness (QED) is 0.344. The van der Waals surface area contributed by atoms with E-state index in [0.717, 1.165) is 45.3 Å². The number of unbranched alkanes of at least 4 members (excludes halogenated alkanes) is 7. The van der Waals surface area contributed by atoms with Gasteiger partial charge >= 0.3 is 0 Å². The van der Waals surface area contributed by atoms with Gasteiger partial charge in [-0.2, -0.15) is 5.26 Å². The maximum atomic E-state index is 9.75. The van der Waals surface area contributed by atoms with Crippen LogP contribution < -0.4 is 0 Å². The third-order valence-electron chi connectivity index (χ3n) is 6.83. The Balaban J connectivity index is 1.63. The predicted molar refractivity (Wildman–Crippen MR) is 111 cm³/mol. The summed E-state index contributed by atoms with van der Waals surface area (Å²) in [6.07, 6.45) is 18.3. The summed E-state index contributed by atoms with van der Waals surface area (Å²) in [7, 11) is 0. The van der Waals surface area contributed by atoms with Gasteiger partial charge < -0.3 is 9.47 Å². The topological polar surface area (TPSA) is 42.2 Å². The maximum absolute atomic E-state index is 9.75. The van der Waals surface area contributed by atoms with Gasteiger partial charge in [0, 0.05) is 11.8 Å². The zero-order valence-electron chi connectivity index (χ0n) is 18.0. The highest BCUT2D eigenvalue weighted by Gasteiger charge is 2.39. The third kappa shape index (κ3) is 7.74. The largest absolute Gasteiger partial charge is 0.352 e. The molecule has 3 heteroatoms. The first-order valence-corrected chi connectivity index (χ1v) is 11.9. The Hall–Kier alpha value is -0.590. The second-order valence-corrected chi connectivity index (χ2v) is 9.14. The van der Waals surface area contributed by atoms with Crippen LogP contribution >= 0.6 is 0 Å².